The Morgan fingerprint density at radius 2 is 1.21 bits per heavy atom. The lowest BCUT2D eigenvalue weighted by atomic mass is 10.1. The van der Waals surface area contributed by atoms with E-state index in [0.717, 1.165) is 5.75 Å². The van der Waals surface area contributed by atoms with Crippen LogP contribution in [0.1, 0.15) is 81.1 Å². The number of ether oxygens (including phenoxy) is 1. The van der Waals surface area contributed by atoms with Gasteiger partial charge in [-0.2, -0.15) is 0 Å². The van der Waals surface area contributed by atoms with Crippen molar-refractivity contribution >= 4 is 100 Å². The summed E-state index contributed by atoms with van der Waals surface area (Å²) in [7, 11) is 1.42. The Labute approximate surface area is 264 Å². The molecule has 0 aromatic heterocycles. The molecule has 1 aromatic rings. The molecule has 0 fully saturated rings. The molecule has 210 valence electrons. The van der Waals surface area contributed by atoms with Crippen molar-refractivity contribution in [3.63, 3.8) is 0 Å². The second-order valence-corrected chi connectivity index (χ2v) is 18.3. The number of unbranched alkanes of at least 4 members (excludes halogenated alkanes) is 6. The van der Waals surface area contributed by atoms with Crippen molar-refractivity contribution in [2.75, 3.05) is 24.9 Å². The number of carbonyl (C=O) groups is 1. The minimum absolute atomic E-state index is 0.284. The third-order valence-corrected chi connectivity index (χ3v) is 17.3. The van der Waals surface area contributed by atoms with Crippen LogP contribution < -0.4 is 0 Å². The number of rotatable bonds is 17. The maximum atomic E-state index is 11.7. The van der Waals surface area contributed by atoms with Gasteiger partial charge in [-0.1, -0.05) is 112 Å². The fraction of sp³-hybridized carbons (Fsp3) is 0.536. The molecule has 2 aliphatic rings. The minimum atomic E-state index is -0.284. The lowest BCUT2D eigenvalue weighted by Crippen LogP contribution is -2.00. The highest BCUT2D eigenvalue weighted by Crippen LogP contribution is 2.66. The predicted molar refractivity (Wildman–Crippen MR) is 187 cm³/mol. The van der Waals surface area contributed by atoms with E-state index in [1.165, 1.54) is 101 Å². The maximum Gasteiger partial charge on any atom is 0.337 e. The van der Waals surface area contributed by atoms with Gasteiger partial charge < -0.3 is 4.74 Å². The van der Waals surface area contributed by atoms with Gasteiger partial charge in [0.25, 0.3) is 0 Å². The average molecular weight is 663 g/mol. The Morgan fingerprint density at radius 3 is 1.68 bits per heavy atom. The number of esters is 1. The average Bonchev–Trinajstić information content (AvgIpc) is 3.55. The molecule has 2 nitrogen and oxygen atoms in total. The Bertz CT molecular complexity index is 973. The number of hydrogen-bond acceptors (Lipinski definition) is 10. The van der Waals surface area contributed by atoms with E-state index in [2.05, 4.69) is 43.6 Å². The summed E-state index contributed by atoms with van der Waals surface area (Å²) in [6.45, 7) is 4.57. The molecule has 0 amide bonds. The van der Waals surface area contributed by atoms with Crippen LogP contribution in [0, 0.1) is 0 Å². The van der Waals surface area contributed by atoms with Gasteiger partial charge in [0.2, 0.25) is 0 Å². The molecule has 0 saturated carbocycles. The molecule has 1 aromatic carbocycles. The standard InChI is InChI=1S/C28H38O2S8/c1-5-7-9-11-17-32-25-26(33-18-12-10-8-6-2)38-28(37-25)27-35-23(31-4)24(36-27)34-19-20-13-15-21(16-14-20)22(29)30-3/h13-16H,5-12,17-19H2,1-4H3. The number of thioether (sulfide) groups is 8. The normalized spacial score (nSPS) is 15.8. The van der Waals surface area contributed by atoms with Gasteiger partial charge in [0, 0.05) is 5.75 Å². The van der Waals surface area contributed by atoms with Crippen LogP contribution in [0.15, 0.2) is 49.7 Å². The second-order valence-electron chi connectivity index (χ2n) is 8.63. The van der Waals surface area contributed by atoms with E-state index in [-0.39, 0.29) is 5.97 Å². The molecule has 2 aliphatic heterocycles. The Kier molecular flexibility index (Phi) is 16.6. The van der Waals surface area contributed by atoms with Gasteiger partial charge in [-0.25, -0.2) is 4.79 Å². The molecule has 10 heteroatoms. The molecule has 0 radical (unpaired) electrons. The molecular weight excluding hydrogens is 625 g/mol. The van der Waals surface area contributed by atoms with E-state index in [0.29, 0.717) is 5.56 Å². The maximum absolute atomic E-state index is 11.7. The largest absolute Gasteiger partial charge is 0.465 e. The van der Waals surface area contributed by atoms with Crippen molar-refractivity contribution in [1.29, 1.82) is 0 Å². The lowest BCUT2D eigenvalue weighted by Gasteiger charge is -2.05. The number of methoxy groups -OCH3 is 1. The highest BCUT2D eigenvalue weighted by Gasteiger charge is 2.30. The highest BCUT2D eigenvalue weighted by molar-refractivity contribution is 8.45. The van der Waals surface area contributed by atoms with Crippen LogP contribution in [-0.2, 0) is 10.5 Å². The van der Waals surface area contributed by atoms with E-state index >= 15 is 0 Å². The minimum Gasteiger partial charge on any atom is -0.465 e. The van der Waals surface area contributed by atoms with Crippen LogP contribution in [0.3, 0.4) is 0 Å². The Morgan fingerprint density at radius 1 is 0.711 bits per heavy atom. The topological polar surface area (TPSA) is 26.3 Å². The monoisotopic (exact) mass is 662 g/mol. The van der Waals surface area contributed by atoms with Crippen molar-refractivity contribution in [1.82, 2.24) is 0 Å². The number of hydrogen-bond donors (Lipinski definition) is 0. The molecule has 0 saturated heterocycles. The second kappa shape index (κ2) is 19.0. The van der Waals surface area contributed by atoms with Crippen LogP contribution >= 0.6 is 94.1 Å². The van der Waals surface area contributed by atoms with Crippen molar-refractivity contribution in [3.05, 3.63) is 60.8 Å². The molecular formula is C28H38O2S8. The van der Waals surface area contributed by atoms with Crippen LogP contribution in [0.2, 0.25) is 0 Å². The van der Waals surface area contributed by atoms with E-state index in [1.807, 2.05) is 94.8 Å². The van der Waals surface area contributed by atoms with E-state index in [1.54, 1.807) is 0 Å². The molecule has 0 spiro atoms. The summed E-state index contributed by atoms with van der Waals surface area (Å²) in [6.07, 6.45) is 12.8. The SMILES string of the molecule is CCCCCCSC1=C(SCCCCCC)SC(=C2SC(SC)=C(SCc3ccc(C(=O)OC)cc3)S2)S1. The van der Waals surface area contributed by atoms with Gasteiger partial charge >= 0.3 is 5.97 Å². The number of carbonyl (C=O) groups excluding carboxylic acids is 1. The first kappa shape index (κ1) is 33.2. The summed E-state index contributed by atoms with van der Waals surface area (Å²) in [5.41, 5.74) is 1.82. The van der Waals surface area contributed by atoms with Crippen molar-refractivity contribution < 1.29 is 9.53 Å². The van der Waals surface area contributed by atoms with E-state index < -0.39 is 0 Å². The van der Waals surface area contributed by atoms with Crippen molar-refractivity contribution in [2.24, 2.45) is 0 Å². The molecule has 0 unspecified atom stereocenters. The zero-order valence-corrected chi connectivity index (χ0v) is 29.2. The van der Waals surface area contributed by atoms with Gasteiger partial charge in [0.1, 0.15) is 0 Å². The van der Waals surface area contributed by atoms with Crippen LogP contribution in [-0.4, -0.2) is 30.8 Å². The fourth-order valence-electron chi connectivity index (χ4n) is 3.49. The Balaban J connectivity index is 1.60. The highest BCUT2D eigenvalue weighted by atomic mass is 32.3. The third kappa shape index (κ3) is 10.8. The first-order valence-electron chi connectivity index (χ1n) is 13.1. The molecule has 0 bridgehead atoms. The summed E-state index contributed by atoms with van der Waals surface area (Å²) < 4.78 is 13.6. The molecule has 2 heterocycles. The predicted octanol–water partition coefficient (Wildman–Crippen LogP) is 12.0. The van der Waals surface area contributed by atoms with Crippen LogP contribution in [0.4, 0.5) is 0 Å². The van der Waals surface area contributed by atoms with Gasteiger partial charge in [-0.3, -0.25) is 0 Å². The molecule has 0 N–H and O–H groups in total. The zero-order chi connectivity index (χ0) is 27.2. The van der Waals surface area contributed by atoms with Crippen LogP contribution in [0.5, 0.6) is 0 Å². The molecule has 3 rings (SSSR count). The van der Waals surface area contributed by atoms with Gasteiger partial charge in [-0.05, 0) is 48.3 Å². The Hall–Kier alpha value is 0.710. The van der Waals surface area contributed by atoms with Gasteiger partial charge in [0.05, 0.1) is 38.1 Å². The summed E-state index contributed by atoms with van der Waals surface area (Å²) in [4.78, 5) is 11.7. The first-order chi connectivity index (χ1) is 18.6. The summed E-state index contributed by atoms with van der Waals surface area (Å²) in [5.74, 6) is 3.08. The van der Waals surface area contributed by atoms with Gasteiger partial charge in [-0.15, -0.1) is 47.0 Å². The number of benzene rings is 1. The van der Waals surface area contributed by atoms with E-state index in [4.69, 9.17) is 4.74 Å². The lowest BCUT2D eigenvalue weighted by molar-refractivity contribution is 0.0600. The summed E-state index contributed by atoms with van der Waals surface area (Å²) in [6, 6.07) is 7.78. The van der Waals surface area contributed by atoms with Crippen molar-refractivity contribution in [3.8, 4) is 0 Å². The molecule has 0 aliphatic carbocycles. The zero-order valence-electron chi connectivity index (χ0n) is 22.7. The smallest absolute Gasteiger partial charge is 0.337 e. The quantitative estimate of drug-likeness (QED) is 0.118. The first-order valence-corrected chi connectivity index (χ1v) is 20.6. The van der Waals surface area contributed by atoms with E-state index in [9.17, 15) is 4.79 Å². The van der Waals surface area contributed by atoms with Crippen molar-refractivity contribution in [2.45, 2.75) is 71.0 Å². The van der Waals surface area contributed by atoms with Crippen LogP contribution in [0.25, 0.3) is 0 Å². The molecule has 38 heavy (non-hydrogen) atoms. The van der Waals surface area contributed by atoms with Gasteiger partial charge in [0.15, 0.2) is 0 Å². The summed E-state index contributed by atoms with van der Waals surface area (Å²) in [5, 5.41) is 0. The summed E-state index contributed by atoms with van der Waals surface area (Å²) >= 11 is 15.9. The fourth-order valence-corrected chi connectivity index (χ4v) is 15.2. The molecule has 0 atom stereocenters. The third-order valence-electron chi connectivity index (χ3n) is 5.63.